The van der Waals surface area contributed by atoms with Gasteiger partial charge in [-0.1, -0.05) is 313 Å². The first kappa shape index (κ1) is 111. The second-order valence-electron chi connectivity index (χ2n) is 28.7. The molecule has 0 radical (unpaired) electrons. The number of carbonyl (C=O) groups is 5. The molecule has 678 valence electrons. The Balaban J connectivity index is 0.000000278. The Labute approximate surface area is 807 Å². The van der Waals surface area contributed by atoms with E-state index >= 15 is 0 Å². The van der Waals surface area contributed by atoms with Crippen molar-refractivity contribution >= 4 is 197 Å². The summed E-state index contributed by atoms with van der Waals surface area (Å²) < 4.78 is 0. The van der Waals surface area contributed by atoms with Crippen LogP contribution in [-0.4, -0.2) is 126 Å². The van der Waals surface area contributed by atoms with E-state index < -0.39 is 29.8 Å². The summed E-state index contributed by atoms with van der Waals surface area (Å²) in [5, 5.41) is 48.8. The molecule has 0 aliphatic carbocycles. The Morgan fingerprint density at radius 1 is 0.280 bits per heavy atom. The lowest BCUT2D eigenvalue weighted by atomic mass is 10.1. The summed E-state index contributed by atoms with van der Waals surface area (Å²) in [5.74, 6) is 7.42. The van der Waals surface area contributed by atoms with Crippen LogP contribution < -0.4 is 0 Å². The molecule has 0 saturated carbocycles. The zero-order chi connectivity index (χ0) is 89.1. The molecule has 2 aromatic heterocycles. The molecule has 0 aliphatic heterocycles. The van der Waals surface area contributed by atoms with E-state index in [1.165, 1.54) is 49.8 Å². The van der Waals surface area contributed by atoms with Crippen LogP contribution in [-0.2, 0) is 47.0 Å². The van der Waals surface area contributed by atoms with Crippen LogP contribution in [0.25, 0.3) is 0 Å². The number of pyridine rings is 2. The Morgan fingerprint density at radius 3 is 1.07 bits per heavy atom. The molecule has 0 spiro atoms. The maximum Gasteiger partial charge on any atom is 0.303 e. The zero-order valence-electron chi connectivity index (χ0n) is 71.8. The molecule has 0 bridgehead atoms. The third-order valence-electron chi connectivity index (χ3n) is 18.3. The van der Waals surface area contributed by atoms with Crippen molar-refractivity contribution in [2.24, 2.45) is 0 Å². The predicted octanol–water partition coefficient (Wildman–Crippen LogP) is 31.4. The van der Waals surface area contributed by atoms with Crippen molar-refractivity contribution in [2.75, 3.05) is 34.5 Å². The summed E-state index contributed by atoms with van der Waals surface area (Å²) in [4.78, 5) is 65.8. The summed E-state index contributed by atoms with van der Waals surface area (Å²) >= 11 is 9.85. The van der Waals surface area contributed by atoms with Crippen LogP contribution in [0, 0.1) is 0 Å². The van der Waals surface area contributed by atoms with E-state index in [0.29, 0.717) is 32.7 Å². The fourth-order valence-corrected chi connectivity index (χ4v) is 29.8. The predicted molar refractivity (Wildman–Crippen MR) is 561 cm³/mol. The van der Waals surface area contributed by atoms with E-state index in [2.05, 4.69) is 211 Å². The van der Waals surface area contributed by atoms with Gasteiger partial charge in [0.2, 0.25) is 0 Å². The number of rotatable bonds is 64. The number of benzene rings is 7. The van der Waals surface area contributed by atoms with Crippen LogP contribution in [0.2, 0.25) is 0 Å². The maximum atomic E-state index is 10.7. The fourth-order valence-electron chi connectivity index (χ4n) is 11.8. The number of hydrogen-bond acceptors (Lipinski definition) is 22. The van der Waals surface area contributed by atoms with Gasteiger partial charge in [0.05, 0.1) is 0 Å². The molecule has 0 amide bonds. The smallest absolute Gasteiger partial charge is 0.303 e. The van der Waals surface area contributed by atoms with E-state index in [1.807, 2.05) is 212 Å². The van der Waals surface area contributed by atoms with Gasteiger partial charge in [0.15, 0.2) is 0 Å². The van der Waals surface area contributed by atoms with Gasteiger partial charge in [-0.15, -0.1) is 23.5 Å². The number of carboxylic acid groups (broad SMARTS) is 5. The van der Waals surface area contributed by atoms with E-state index in [0.717, 1.165) is 183 Å². The van der Waals surface area contributed by atoms with Crippen LogP contribution in [0.15, 0.2) is 286 Å². The second kappa shape index (κ2) is 77.1. The number of aromatic nitrogens is 2. The largest absolute Gasteiger partial charge is 0.481 e. The summed E-state index contributed by atoms with van der Waals surface area (Å²) in [6, 6.07) is 85.7. The first-order valence-electron chi connectivity index (χ1n) is 42.9. The highest BCUT2D eigenvalue weighted by Crippen LogP contribution is 2.41. The lowest BCUT2D eigenvalue weighted by Crippen LogP contribution is -2.05. The van der Waals surface area contributed by atoms with Crippen molar-refractivity contribution in [1.82, 2.24) is 9.97 Å². The fraction of sp³-hybridized carbons (Fsp3) is 0.418. The summed E-state index contributed by atoms with van der Waals surface area (Å²) in [7, 11) is 18.6. The Bertz CT molecular complexity index is 3980. The highest BCUT2D eigenvalue weighted by Gasteiger charge is 2.17. The molecule has 27 heteroatoms. The minimum atomic E-state index is -0.709. The first-order chi connectivity index (χ1) is 61.2. The van der Waals surface area contributed by atoms with Gasteiger partial charge in [-0.05, 0) is 218 Å². The molecule has 5 unspecified atom stereocenters. The molecule has 0 saturated heterocycles. The molecule has 9 rings (SSSR count). The van der Waals surface area contributed by atoms with E-state index in [-0.39, 0.29) is 25.7 Å². The van der Waals surface area contributed by atoms with E-state index in [4.69, 9.17) is 25.5 Å². The molecule has 9 aromatic rings. The van der Waals surface area contributed by atoms with Crippen LogP contribution in [0.4, 0.5) is 0 Å². The second-order valence-corrected chi connectivity index (χ2v) is 47.9. The van der Waals surface area contributed by atoms with E-state index in [1.54, 1.807) is 21.6 Å². The van der Waals surface area contributed by atoms with Gasteiger partial charge >= 0.3 is 29.8 Å². The molecule has 5 atom stereocenters. The van der Waals surface area contributed by atoms with Crippen molar-refractivity contribution in [1.29, 1.82) is 0 Å². The lowest BCUT2D eigenvalue weighted by molar-refractivity contribution is -0.138. The average Bonchev–Trinajstić information content (AvgIpc) is 0.835. The van der Waals surface area contributed by atoms with Crippen LogP contribution >= 0.6 is 167 Å². The van der Waals surface area contributed by atoms with Crippen molar-refractivity contribution in [3.05, 3.63) is 283 Å². The first-order valence-corrected chi connectivity index (χ1v) is 59.8. The van der Waals surface area contributed by atoms with Gasteiger partial charge in [-0.25, -0.2) is 9.97 Å². The quantitative estimate of drug-likeness (QED) is 0.0136. The molecule has 0 aliphatic rings. The summed E-state index contributed by atoms with van der Waals surface area (Å²) in [6.45, 7) is 2.19. The number of unbranched alkanes of at least 4 members (excludes halogenated alkanes) is 5. The Kier molecular flexibility index (Phi) is 68.4. The molecule has 2 heterocycles. The van der Waals surface area contributed by atoms with Crippen molar-refractivity contribution in [2.45, 2.75) is 241 Å². The maximum absolute atomic E-state index is 10.7. The molecule has 7 aromatic carbocycles. The average molecular weight is 1970 g/mol. The number of aliphatic carboxylic acids is 5. The van der Waals surface area contributed by atoms with Gasteiger partial charge < -0.3 is 25.5 Å². The molecule has 0 fully saturated rings. The Hall–Kier alpha value is -4.56. The zero-order valence-corrected chi connectivity index (χ0v) is 84.0. The molecular weight excluding hydrogens is 1850 g/mol. The van der Waals surface area contributed by atoms with E-state index in [9.17, 15) is 24.0 Å². The van der Waals surface area contributed by atoms with Crippen LogP contribution in [0.3, 0.4) is 0 Å². The topological polar surface area (TPSA) is 212 Å². The summed E-state index contributed by atoms with van der Waals surface area (Å²) in [6.07, 6.45) is 25.1. The number of nitrogens with zero attached hydrogens (tertiary/aromatic N) is 2. The number of thioether (sulfide) groups is 5. The molecule has 5 N–H and O–H groups in total. The lowest BCUT2D eigenvalue weighted by Gasteiger charge is -2.16. The standard InChI is InChI=1S/C22H28O2S4.C21H26O2S3.C21H26O2S2.C18H22N2O2S4.C16H24O2S2/c23-22(24)14-8-7-13-21(28-27-18-20-11-5-2-6-12-20)15-16-25-26-17-19-9-3-1-4-10-19;22-21(23)14-8-7-11-19(24-17-18-9-3-1-4-10-18)15-16-25-26-20-12-5-2-6-13-20;22-21(23)14-8-7-13-20(25-19-11-5-2-6-12-19)15-16-24-17-18-9-3-1-4-10-18;21-18(22)10-2-1-7-15(24-26-17-9-4-6-13-20-17)11-14-23-25-16-8-3-5-12-19-16;1-2-19-15(10-6-7-11-16(17)18)12-13-20-14-8-4-3-5-9-14/h1-6,9-12,21H,7-8,13-18H2,(H,23,24);1-6,9-10,12-13,19H,7-8,11,14-17H2,(H,22,23);1-6,9-12,20H,7-8,13-17H2,(H,22,23);3-6,8-9,12-13,15H,1-2,7,10-11,14H2,(H,21,22);3-5,8-9,15H,2,6-7,10-13H2,1H3,(H,17,18). The third-order valence-corrected chi connectivity index (χ3v) is 37.4. The van der Waals surface area contributed by atoms with Crippen molar-refractivity contribution in [3.63, 3.8) is 0 Å². The van der Waals surface area contributed by atoms with Gasteiger partial charge in [0, 0.05) is 126 Å². The molecule has 12 nitrogen and oxygen atoms in total. The van der Waals surface area contributed by atoms with Crippen molar-refractivity contribution < 1.29 is 49.5 Å². The summed E-state index contributed by atoms with van der Waals surface area (Å²) in [5.41, 5.74) is 5.47. The number of hydrogen-bond donors (Lipinski definition) is 5. The number of carboxylic acids is 5. The molecular formula is C98H126N2O10S15. The third kappa shape index (κ3) is 64.0. The van der Waals surface area contributed by atoms with Crippen molar-refractivity contribution in [3.8, 4) is 0 Å². The van der Waals surface area contributed by atoms with Crippen LogP contribution in [0.1, 0.15) is 190 Å². The molecule has 125 heavy (non-hydrogen) atoms. The minimum Gasteiger partial charge on any atom is -0.481 e. The van der Waals surface area contributed by atoms with Gasteiger partial charge in [-0.3, -0.25) is 24.0 Å². The van der Waals surface area contributed by atoms with Crippen LogP contribution in [0.5, 0.6) is 0 Å². The van der Waals surface area contributed by atoms with Gasteiger partial charge in [-0.2, -0.15) is 35.3 Å². The highest BCUT2D eigenvalue weighted by atomic mass is 33.1. The minimum absolute atomic E-state index is 0.259. The Morgan fingerprint density at radius 2 is 0.624 bits per heavy atom. The highest BCUT2D eigenvalue weighted by molar-refractivity contribution is 8.78. The van der Waals surface area contributed by atoms with Gasteiger partial charge in [0.25, 0.3) is 0 Å². The normalized spacial score (nSPS) is 12.0. The SMILES string of the molecule is CCSC(CCCCC(=O)O)CCSc1ccccc1.O=C(O)CCCCC(CCSCc1ccccc1)Sc1ccccc1.O=C(O)CCCCC(CCSSCc1ccccc1)SSCc1ccccc1.O=C(O)CCCCC(CCSSc1ccccc1)SCc1ccccc1.O=C(O)CCCCC(CCSSc1ccccn1)SSc1ccccn1. The van der Waals surface area contributed by atoms with Gasteiger partial charge in [0.1, 0.15) is 10.1 Å². The monoisotopic (exact) mass is 1970 g/mol.